The van der Waals surface area contributed by atoms with Crippen molar-refractivity contribution in [2.75, 3.05) is 20.1 Å². The zero-order valence-electron chi connectivity index (χ0n) is 11.4. The van der Waals surface area contributed by atoms with Crippen molar-refractivity contribution < 1.29 is 4.79 Å². The molecule has 0 unspecified atom stereocenters. The number of amides is 1. The fraction of sp³-hybridized carbons (Fsp3) is 0.467. The van der Waals surface area contributed by atoms with Gasteiger partial charge in [-0.05, 0) is 25.0 Å². The highest BCUT2D eigenvalue weighted by molar-refractivity contribution is 5.98. The predicted molar refractivity (Wildman–Crippen MR) is 76.7 cm³/mol. The summed E-state index contributed by atoms with van der Waals surface area (Å²) in [5.74, 6) is 0.484. The molecule has 4 heteroatoms. The topological polar surface area (TPSA) is 56.2 Å². The number of carbonyl (C=O) groups is 1. The summed E-state index contributed by atoms with van der Waals surface area (Å²) >= 11 is 0. The lowest BCUT2D eigenvalue weighted by atomic mass is 10.1. The van der Waals surface area contributed by atoms with Gasteiger partial charge in [-0.1, -0.05) is 25.0 Å². The van der Waals surface area contributed by atoms with E-state index in [1.54, 1.807) is 19.2 Å². The Balaban J connectivity index is 2.08. The Morgan fingerprint density at radius 2 is 1.58 bits per heavy atom. The molecule has 4 nitrogen and oxygen atoms in total. The number of hydrogen-bond donors (Lipinski definition) is 2. The van der Waals surface area contributed by atoms with E-state index in [4.69, 9.17) is 5.41 Å². The zero-order valence-corrected chi connectivity index (χ0v) is 11.4. The monoisotopic (exact) mass is 259 g/mol. The van der Waals surface area contributed by atoms with E-state index in [9.17, 15) is 4.79 Å². The van der Waals surface area contributed by atoms with Crippen LogP contribution in [0.15, 0.2) is 24.3 Å². The standard InChI is InChI=1S/C15H21N3O/c1-17-15(19)13-8-6-12(7-9-13)14(16)18-10-4-2-3-5-11-18/h6-9,16H,2-5,10-11H2,1H3,(H,17,19). The Hall–Kier alpha value is -1.84. The Bertz CT molecular complexity index is 445. The molecule has 1 aliphatic heterocycles. The molecule has 19 heavy (non-hydrogen) atoms. The van der Waals surface area contributed by atoms with E-state index in [1.165, 1.54) is 25.7 Å². The SMILES string of the molecule is CNC(=O)c1ccc(C(=N)N2CCCCCC2)cc1. The average molecular weight is 259 g/mol. The van der Waals surface area contributed by atoms with Crippen LogP contribution in [0, 0.1) is 5.41 Å². The first-order chi connectivity index (χ1) is 9.22. The van der Waals surface area contributed by atoms with E-state index >= 15 is 0 Å². The highest BCUT2D eigenvalue weighted by Crippen LogP contribution is 2.14. The summed E-state index contributed by atoms with van der Waals surface area (Å²) in [5.41, 5.74) is 1.52. The maximum absolute atomic E-state index is 11.5. The fourth-order valence-corrected chi connectivity index (χ4v) is 2.40. The van der Waals surface area contributed by atoms with Crippen LogP contribution in [0.1, 0.15) is 41.6 Å². The minimum atomic E-state index is -0.0900. The number of likely N-dealkylation sites (tertiary alicyclic amines) is 1. The number of nitrogens with zero attached hydrogens (tertiary/aromatic N) is 1. The smallest absolute Gasteiger partial charge is 0.251 e. The Kier molecular flexibility index (Phi) is 4.55. The van der Waals surface area contributed by atoms with Gasteiger partial charge in [0, 0.05) is 31.3 Å². The van der Waals surface area contributed by atoms with Crippen molar-refractivity contribution in [1.82, 2.24) is 10.2 Å². The number of carbonyl (C=O) groups excluding carboxylic acids is 1. The largest absolute Gasteiger partial charge is 0.357 e. The van der Waals surface area contributed by atoms with Crippen LogP contribution in [0.5, 0.6) is 0 Å². The van der Waals surface area contributed by atoms with Crippen LogP contribution in [0.2, 0.25) is 0 Å². The van der Waals surface area contributed by atoms with Crippen molar-refractivity contribution in [3.05, 3.63) is 35.4 Å². The van der Waals surface area contributed by atoms with Gasteiger partial charge in [0.05, 0.1) is 0 Å². The molecular formula is C15H21N3O. The molecule has 0 atom stereocenters. The van der Waals surface area contributed by atoms with E-state index in [2.05, 4.69) is 10.2 Å². The summed E-state index contributed by atoms with van der Waals surface area (Å²) in [6, 6.07) is 7.27. The summed E-state index contributed by atoms with van der Waals surface area (Å²) in [6.45, 7) is 1.94. The molecule has 0 aromatic heterocycles. The fourth-order valence-electron chi connectivity index (χ4n) is 2.40. The summed E-state index contributed by atoms with van der Waals surface area (Å²) in [4.78, 5) is 13.6. The summed E-state index contributed by atoms with van der Waals surface area (Å²) < 4.78 is 0. The first kappa shape index (κ1) is 13.6. The van der Waals surface area contributed by atoms with Gasteiger partial charge in [-0.2, -0.15) is 0 Å². The van der Waals surface area contributed by atoms with Crippen molar-refractivity contribution >= 4 is 11.7 Å². The third-order valence-corrected chi connectivity index (χ3v) is 3.57. The molecule has 1 saturated heterocycles. The second-order valence-electron chi connectivity index (χ2n) is 4.91. The average Bonchev–Trinajstić information content (AvgIpc) is 2.75. The second-order valence-corrected chi connectivity index (χ2v) is 4.91. The molecule has 1 aromatic carbocycles. The van der Waals surface area contributed by atoms with E-state index < -0.39 is 0 Å². The van der Waals surface area contributed by atoms with Crippen molar-refractivity contribution in [3.8, 4) is 0 Å². The maximum atomic E-state index is 11.5. The third-order valence-electron chi connectivity index (χ3n) is 3.57. The molecule has 0 saturated carbocycles. The first-order valence-electron chi connectivity index (χ1n) is 6.88. The quantitative estimate of drug-likeness (QED) is 0.632. The van der Waals surface area contributed by atoms with Crippen LogP contribution < -0.4 is 5.32 Å². The number of nitrogens with one attached hydrogen (secondary N) is 2. The number of amidine groups is 1. The summed E-state index contributed by atoms with van der Waals surface area (Å²) in [7, 11) is 1.62. The van der Waals surface area contributed by atoms with Gasteiger partial charge in [0.25, 0.3) is 5.91 Å². The molecule has 0 radical (unpaired) electrons. The van der Waals surface area contributed by atoms with Crippen LogP contribution in [0.4, 0.5) is 0 Å². The van der Waals surface area contributed by atoms with E-state index in [0.29, 0.717) is 11.4 Å². The molecule has 1 amide bonds. The van der Waals surface area contributed by atoms with Gasteiger partial charge in [0.2, 0.25) is 0 Å². The van der Waals surface area contributed by atoms with Gasteiger partial charge in [0.15, 0.2) is 0 Å². The second kappa shape index (κ2) is 6.36. The highest BCUT2D eigenvalue weighted by atomic mass is 16.1. The van der Waals surface area contributed by atoms with Crippen LogP contribution in [-0.4, -0.2) is 36.8 Å². The third kappa shape index (κ3) is 3.34. The molecule has 1 fully saturated rings. The lowest BCUT2D eigenvalue weighted by molar-refractivity contribution is 0.0963. The zero-order chi connectivity index (χ0) is 13.7. The minimum absolute atomic E-state index is 0.0900. The number of hydrogen-bond acceptors (Lipinski definition) is 2. The number of rotatable bonds is 2. The normalized spacial score (nSPS) is 15.7. The Labute approximate surface area is 114 Å². The van der Waals surface area contributed by atoms with Crippen molar-refractivity contribution in [1.29, 1.82) is 5.41 Å². The van der Waals surface area contributed by atoms with Gasteiger partial charge in [-0.25, -0.2) is 0 Å². The lowest BCUT2D eigenvalue weighted by Crippen LogP contribution is -2.31. The van der Waals surface area contributed by atoms with Crippen LogP contribution >= 0.6 is 0 Å². The molecule has 0 spiro atoms. The van der Waals surface area contributed by atoms with Crippen LogP contribution in [-0.2, 0) is 0 Å². The summed E-state index contributed by atoms with van der Waals surface area (Å²) in [6.07, 6.45) is 4.86. The van der Waals surface area contributed by atoms with Crippen LogP contribution in [0.25, 0.3) is 0 Å². The minimum Gasteiger partial charge on any atom is -0.357 e. The van der Waals surface area contributed by atoms with Gasteiger partial charge < -0.3 is 10.2 Å². The highest BCUT2D eigenvalue weighted by Gasteiger charge is 2.14. The molecule has 102 valence electrons. The van der Waals surface area contributed by atoms with Gasteiger partial charge in [0.1, 0.15) is 5.84 Å². The van der Waals surface area contributed by atoms with Gasteiger partial charge in [-0.3, -0.25) is 10.2 Å². The molecule has 2 N–H and O–H groups in total. The predicted octanol–water partition coefficient (Wildman–Crippen LogP) is 2.25. The molecule has 1 heterocycles. The summed E-state index contributed by atoms with van der Waals surface area (Å²) in [5, 5.41) is 10.9. The maximum Gasteiger partial charge on any atom is 0.251 e. The molecule has 0 bridgehead atoms. The number of benzene rings is 1. The van der Waals surface area contributed by atoms with Crippen molar-refractivity contribution in [2.24, 2.45) is 0 Å². The van der Waals surface area contributed by atoms with E-state index in [0.717, 1.165) is 18.7 Å². The molecule has 2 rings (SSSR count). The van der Waals surface area contributed by atoms with E-state index in [-0.39, 0.29) is 5.91 Å². The van der Waals surface area contributed by atoms with E-state index in [1.807, 2.05) is 12.1 Å². The molecule has 1 aliphatic rings. The van der Waals surface area contributed by atoms with Gasteiger partial charge in [-0.15, -0.1) is 0 Å². The van der Waals surface area contributed by atoms with Crippen molar-refractivity contribution in [3.63, 3.8) is 0 Å². The lowest BCUT2D eigenvalue weighted by Gasteiger charge is -2.23. The Morgan fingerprint density at radius 3 is 2.11 bits per heavy atom. The van der Waals surface area contributed by atoms with Crippen LogP contribution in [0.3, 0.4) is 0 Å². The van der Waals surface area contributed by atoms with Crippen molar-refractivity contribution in [2.45, 2.75) is 25.7 Å². The molecule has 0 aliphatic carbocycles. The molecule has 1 aromatic rings. The van der Waals surface area contributed by atoms with Gasteiger partial charge >= 0.3 is 0 Å². The molecular weight excluding hydrogens is 238 g/mol. The Morgan fingerprint density at radius 1 is 1.05 bits per heavy atom. The first-order valence-corrected chi connectivity index (χ1v) is 6.88.